The molecule has 1 N–H and O–H groups in total. The van der Waals surface area contributed by atoms with E-state index in [1.54, 1.807) is 12.1 Å². The van der Waals surface area contributed by atoms with Gasteiger partial charge < -0.3 is 5.32 Å². The maximum absolute atomic E-state index is 14.0. The first-order valence-corrected chi connectivity index (χ1v) is 6.43. The average Bonchev–Trinajstić information content (AvgIpc) is 2.48. The van der Waals surface area contributed by atoms with Crippen molar-refractivity contribution >= 4 is 34.1 Å². The number of anilines is 2. The van der Waals surface area contributed by atoms with Crippen LogP contribution in [0.4, 0.5) is 20.3 Å². The van der Waals surface area contributed by atoms with Gasteiger partial charge >= 0.3 is 0 Å². The number of pyridine rings is 1. The molecule has 1 aromatic carbocycles. The Kier molecular flexibility index (Phi) is 3.39. The first kappa shape index (κ1) is 13.6. The zero-order valence-electron chi connectivity index (χ0n) is 10.9. The quantitative estimate of drug-likeness (QED) is 0.727. The summed E-state index contributed by atoms with van der Waals surface area (Å²) in [7, 11) is 0. The molecule has 3 aromatic rings. The summed E-state index contributed by atoms with van der Waals surface area (Å²) in [5, 5.41) is 3.07. The molecule has 0 bridgehead atoms. The average molecular weight is 307 g/mol. The van der Waals surface area contributed by atoms with Gasteiger partial charge in [0.1, 0.15) is 22.8 Å². The highest BCUT2D eigenvalue weighted by atomic mass is 35.5. The number of hydrogen-bond acceptors (Lipinski definition) is 4. The first-order valence-electron chi connectivity index (χ1n) is 6.05. The summed E-state index contributed by atoms with van der Waals surface area (Å²) in [6.45, 7) is 1.36. The smallest absolute Gasteiger partial charge is 0.160 e. The number of nitrogens with one attached hydrogen (secondary N) is 1. The molecule has 4 nitrogen and oxygen atoms in total. The van der Waals surface area contributed by atoms with E-state index in [0.717, 1.165) is 0 Å². The van der Waals surface area contributed by atoms with Crippen LogP contribution in [0.3, 0.4) is 0 Å². The highest BCUT2D eigenvalue weighted by molar-refractivity contribution is 6.29. The third kappa shape index (κ3) is 2.50. The molecule has 0 spiro atoms. The van der Waals surface area contributed by atoms with Crippen molar-refractivity contribution in [3.63, 3.8) is 0 Å². The molecule has 0 saturated heterocycles. The highest BCUT2D eigenvalue weighted by Crippen LogP contribution is 2.26. The van der Waals surface area contributed by atoms with Crippen molar-refractivity contribution in [3.8, 4) is 0 Å². The van der Waals surface area contributed by atoms with Crippen LogP contribution in [0.15, 0.2) is 30.6 Å². The summed E-state index contributed by atoms with van der Waals surface area (Å²) >= 11 is 5.85. The number of halogens is 3. The molecule has 0 aliphatic heterocycles. The minimum Gasteiger partial charge on any atom is -0.336 e. The molecule has 0 fully saturated rings. The lowest BCUT2D eigenvalue weighted by molar-refractivity contribution is 0.571. The predicted molar refractivity (Wildman–Crippen MR) is 76.7 cm³/mol. The van der Waals surface area contributed by atoms with Crippen LogP contribution in [-0.2, 0) is 0 Å². The topological polar surface area (TPSA) is 50.7 Å². The Morgan fingerprint density at radius 2 is 1.90 bits per heavy atom. The van der Waals surface area contributed by atoms with E-state index in [2.05, 4.69) is 20.3 Å². The van der Waals surface area contributed by atoms with Gasteiger partial charge in [-0.05, 0) is 31.2 Å². The minimum absolute atomic E-state index is 0.0654. The van der Waals surface area contributed by atoms with Crippen molar-refractivity contribution in [2.75, 3.05) is 5.32 Å². The zero-order chi connectivity index (χ0) is 15.0. The van der Waals surface area contributed by atoms with E-state index in [1.807, 2.05) is 0 Å². The monoisotopic (exact) mass is 306 g/mol. The normalized spacial score (nSPS) is 10.9. The summed E-state index contributed by atoms with van der Waals surface area (Å²) in [5.74, 6) is -0.983. The van der Waals surface area contributed by atoms with Crippen LogP contribution in [-0.4, -0.2) is 15.0 Å². The number of benzene rings is 1. The van der Waals surface area contributed by atoms with Gasteiger partial charge in [-0.2, -0.15) is 0 Å². The lowest BCUT2D eigenvalue weighted by Crippen LogP contribution is -2.01. The predicted octanol–water partition coefficient (Wildman–Crippen LogP) is 4.01. The second-order valence-electron chi connectivity index (χ2n) is 4.38. The van der Waals surface area contributed by atoms with Crippen LogP contribution in [0.2, 0.25) is 5.15 Å². The van der Waals surface area contributed by atoms with E-state index in [4.69, 9.17) is 11.6 Å². The molecular weight excluding hydrogens is 298 g/mol. The Morgan fingerprint density at radius 3 is 2.71 bits per heavy atom. The van der Waals surface area contributed by atoms with E-state index in [-0.39, 0.29) is 16.4 Å². The zero-order valence-corrected chi connectivity index (χ0v) is 11.6. The van der Waals surface area contributed by atoms with Gasteiger partial charge in [0.15, 0.2) is 11.6 Å². The Balaban J connectivity index is 2.10. The van der Waals surface area contributed by atoms with Gasteiger partial charge in [0, 0.05) is 5.56 Å². The lowest BCUT2D eigenvalue weighted by atomic mass is 10.2. The van der Waals surface area contributed by atoms with Gasteiger partial charge in [0.25, 0.3) is 0 Å². The molecule has 2 aromatic heterocycles. The molecule has 7 heteroatoms. The number of rotatable bonds is 2. The summed E-state index contributed by atoms with van der Waals surface area (Å²) in [5.41, 5.74) is 1.02. The fourth-order valence-electron chi connectivity index (χ4n) is 1.89. The molecule has 21 heavy (non-hydrogen) atoms. The molecule has 0 atom stereocenters. The van der Waals surface area contributed by atoms with Crippen molar-refractivity contribution in [2.24, 2.45) is 0 Å². The van der Waals surface area contributed by atoms with Crippen LogP contribution in [0.5, 0.6) is 0 Å². The van der Waals surface area contributed by atoms with Gasteiger partial charge in [-0.3, -0.25) is 0 Å². The van der Waals surface area contributed by atoms with Crippen molar-refractivity contribution in [1.82, 2.24) is 15.0 Å². The summed E-state index contributed by atoms with van der Waals surface area (Å²) in [4.78, 5) is 12.2. The Morgan fingerprint density at radius 1 is 1.10 bits per heavy atom. The molecule has 0 aliphatic rings. The van der Waals surface area contributed by atoms with Crippen LogP contribution in [0.1, 0.15) is 5.56 Å². The standard InChI is InChI=1S/C14H9ClF2N4/c1-7-8(16)2-3-9(12(7)17)20-14-13-10(18-6-19-14)4-5-11(15)21-13/h2-6H,1H3,(H,18,19,20). The molecule has 0 saturated carbocycles. The van der Waals surface area contributed by atoms with E-state index in [1.165, 1.54) is 25.4 Å². The van der Waals surface area contributed by atoms with E-state index >= 15 is 0 Å². The largest absolute Gasteiger partial charge is 0.336 e. The summed E-state index contributed by atoms with van der Waals surface area (Å²) in [6.07, 6.45) is 1.33. The second kappa shape index (κ2) is 5.21. The van der Waals surface area contributed by atoms with Crippen LogP contribution >= 0.6 is 11.6 Å². The first-order chi connectivity index (χ1) is 10.1. The number of aromatic nitrogens is 3. The molecule has 3 rings (SSSR count). The molecule has 0 unspecified atom stereocenters. The van der Waals surface area contributed by atoms with Crippen LogP contribution in [0.25, 0.3) is 11.0 Å². The van der Waals surface area contributed by atoms with E-state index in [9.17, 15) is 8.78 Å². The molecule has 2 heterocycles. The Bertz CT molecular complexity index is 839. The number of fused-ring (bicyclic) bond motifs is 1. The SMILES string of the molecule is Cc1c(F)ccc(Nc2ncnc3ccc(Cl)nc23)c1F. The van der Waals surface area contributed by atoms with Crippen molar-refractivity contribution in [2.45, 2.75) is 6.92 Å². The van der Waals surface area contributed by atoms with Crippen molar-refractivity contribution in [1.29, 1.82) is 0 Å². The molecule has 0 radical (unpaired) electrons. The van der Waals surface area contributed by atoms with Gasteiger partial charge in [0.2, 0.25) is 0 Å². The Hall–Kier alpha value is -2.34. The Labute approximate surface area is 123 Å². The molecular formula is C14H9ClF2N4. The van der Waals surface area contributed by atoms with Crippen LogP contribution < -0.4 is 5.32 Å². The van der Waals surface area contributed by atoms with Gasteiger partial charge in [0.05, 0.1) is 11.2 Å². The summed E-state index contributed by atoms with van der Waals surface area (Å²) < 4.78 is 27.3. The van der Waals surface area contributed by atoms with Gasteiger partial charge in [-0.25, -0.2) is 23.7 Å². The van der Waals surface area contributed by atoms with Gasteiger partial charge in [-0.15, -0.1) is 0 Å². The van der Waals surface area contributed by atoms with E-state index in [0.29, 0.717) is 16.9 Å². The van der Waals surface area contributed by atoms with Crippen molar-refractivity contribution < 1.29 is 8.78 Å². The molecule has 0 amide bonds. The maximum atomic E-state index is 14.0. The molecule has 0 aliphatic carbocycles. The minimum atomic E-state index is -0.677. The molecule has 106 valence electrons. The summed E-state index contributed by atoms with van der Waals surface area (Å²) in [6, 6.07) is 5.77. The third-order valence-corrected chi connectivity index (χ3v) is 3.23. The number of hydrogen-bond donors (Lipinski definition) is 1. The van der Waals surface area contributed by atoms with Crippen molar-refractivity contribution in [3.05, 3.63) is 52.9 Å². The fraction of sp³-hybridized carbons (Fsp3) is 0.0714. The fourth-order valence-corrected chi connectivity index (χ4v) is 2.04. The lowest BCUT2D eigenvalue weighted by Gasteiger charge is -2.10. The van der Waals surface area contributed by atoms with Crippen LogP contribution in [0, 0.1) is 18.6 Å². The maximum Gasteiger partial charge on any atom is 0.160 e. The third-order valence-electron chi connectivity index (χ3n) is 3.02. The second-order valence-corrected chi connectivity index (χ2v) is 4.77. The number of nitrogens with zero attached hydrogens (tertiary/aromatic N) is 3. The van der Waals surface area contributed by atoms with Gasteiger partial charge in [-0.1, -0.05) is 11.6 Å². The highest BCUT2D eigenvalue weighted by Gasteiger charge is 2.12. The van der Waals surface area contributed by atoms with E-state index < -0.39 is 11.6 Å².